The maximum atomic E-state index is 5.86. The molecule has 1 atom stereocenters. The Bertz CT molecular complexity index is 544. The zero-order chi connectivity index (χ0) is 13.8. The van der Waals surface area contributed by atoms with Crippen molar-refractivity contribution in [3.63, 3.8) is 0 Å². The van der Waals surface area contributed by atoms with Crippen LogP contribution in [0.1, 0.15) is 30.1 Å². The lowest BCUT2D eigenvalue weighted by Gasteiger charge is -2.21. The summed E-state index contributed by atoms with van der Waals surface area (Å²) in [4.78, 5) is 0. The van der Waals surface area contributed by atoms with E-state index in [4.69, 9.17) is 16.3 Å². The van der Waals surface area contributed by atoms with Crippen molar-refractivity contribution in [2.75, 3.05) is 5.75 Å². The van der Waals surface area contributed by atoms with E-state index in [2.05, 4.69) is 36.0 Å². The first-order valence-electron chi connectivity index (χ1n) is 6.96. The Balaban J connectivity index is 1.67. The van der Waals surface area contributed by atoms with Crippen molar-refractivity contribution in [3.8, 4) is 11.5 Å². The number of halogens is 1. The molecule has 2 aromatic rings. The first-order valence-corrected chi connectivity index (χ1v) is 8.39. The summed E-state index contributed by atoms with van der Waals surface area (Å²) >= 11 is 7.94. The molecule has 1 unspecified atom stereocenters. The van der Waals surface area contributed by atoms with E-state index in [0.717, 1.165) is 16.5 Å². The predicted molar refractivity (Wildman–Crippen MR) is 87.0 cm³/mol. The van der Waals surface area contributed by atoms with Gasteiger partial charge in [-0.3, -0.25) is 0 Å². The largest absolute Gasteiger partial charge is 0.457 e. The fourth-order valence-electron chi connectivity index (χ4n) is 2.39. The van der Waals surface area contributed by atoms with Gasteiger partial charge in [-0.1, -0.05) is 30.2 Å². The summed E-state index contributed by atoms with van der Waals surface area (Å²) < 4.78 is 5.81. The summed E-state index contributed by atoms with van der Waals surface area (Å²) in [5.74, 6) is 2.97. The molecular weight excluding hydrogens is 288 g/mol. The molecule has 1 heterocycles. The molecule has 1 aliphatic heterocycles. The van der Waals surface area contributed by atoms with E-state index in [1.807, 2.05) is 24.3 Å². The Hall–Kier alpha value is -1.12. The second kappa shape index (κ2) is 6.55. The van der Waals surface area contributed by atoms with Crippen molar-refractivity contribution in [2.24, 2.45) is 0 Å². The smallest absolute Gasteiger partial charge is 0.127 e. The molecule has 0 bridgehead atoms. The van der Waals surface area contributed by atoms with Crippen molar-refractivity contribution < 1.29 is 4.74 Å². The van der Waals surface area contributed by atoms with Crippen LogP contribution in [0.3, 0.4) is 0 Å². The molecule has 3 heteroatoms. The zero-order valence-corrected chi connectivity index (χ0v) is 12.8. The average molecular weight is 305 g/mol. The third-order valence-electron chi connectivity index (χ3n) is 3.48. The van der Waals surface area contributed by atoms with Crippen LogP contribution in [0.5, 0.6) is 11.5 Å². The van der Waals surface area contributed by atoms with Gasteiger partial charge in [0.25, 0.3) is 0 Å². The minimum absolute atomic E-state index is 0.660. The van der Waals surface area contributed by atoms with Gasteiger partial charge in [0.2, 0.25) is 0 Å². The van der Waals surface area contributed by atoms with Gasteiger partial charge in [-0.15, -0.1) is 0 Å². The lowest BCUT2D eigenvalue weighted by Crippen LogP contribution is -2.01. The van der Waals surface area contributed by atoms with Crippen LogP contribution in [0, 0.1) is 0 Å². The highest BCUT2D eigenvalue weighted by molar-refractivity contribution is 7.99. The fourth-order valence-corrected chi connectivity index (χ4v) is 3.86. The highest BCUT2D eigenvalue weighted by Crippen LogP contribution is 2.38. The van der Waals surface area contributed by atoms with Gasteiger partial charge in [-0.05, 0) is 60.6 Å². The van der Waals surface area contributed by atoms with Gasteiger partial charge >= 0.3 is 0 Å². The van der Waals surface area contributed by atoms with Gasteiger partial charge in [0.05, 0.1) is 0 Å². The Morgan fingerprint density at radius 1 is 0.900 bits per heavy atom. The van der Waals surface area contributed by atoms with Gasteiger partial charge in [0.1, 0.15) is 11.5 Å². The molecule has 0 aliphatic carbocycles. The van der Waals surface area contributed by atoms with E-state index in [-0.39, 0.29) is 0 Å². The van der Waals surface area contributed by atoms with Crippen LogP contribution in [0.2, 0.25) is 5.02 Å². The Morgan fingerprint density at radius 2 is 1.55 bits per heavy atom. The number of ether oxygens (including phenoxy) is 1. The number of hydrogen-bond donors (Lipinski definition) is 0. The van der Waals surface area contributed by atoms with Crippen LogP contribution >= 0.6 is 23.4 Å². The predicted octanol–water partition coefficient (Wildman–Crippen LogP) is 6.09. The van der Waals surface area contributed by atoms with Gasteiger partial charge in [0.15, 0.2) is 0 Å². The summed E-state index contributed by atoms with van der Waals surface area (Å²) in [7, 11) is 0. The number of thioether (sulfide) groups is 1. The van der Waals surface area contributed by atoms with Crippen LogP contribution in [0.4, 0.5) is 0 Å². The standard InChI is InChI=1S/C17H17ClOS/c18-14-6-10-16(11-7-14)19-15-8-4-13(5-9-15)17-3-1-2-12-20-17/h4-11,17H,1-3,12H2. The lowest BCUT2D eigenvalue weighted by molar-refractivity contribution is 0.482. The molecule has 1 aliphatic rings. The second-order valence-electron chi connectivity index (χ2n) is 4.98. The van der Waals surface area contributed by atoms with Gasteiger partial charge < -0.3 is 4.74 Å². The molecule has 104 valence electrons. The highest BCUT2D eigenvalue weighted by atomic mass is 35.5. The summed E-state index contributed by atoms with van der Waals surface area (Å²) in [6.45, 7) is 0. The zero-order valence-electron chi connectivity index (χ0n) is 11.2. The monoisotopic (exact) mass is 304 g/mol. The highest BCUT2D eigenvalue weighted by Gasteiger charge is 2.15. The first kappa shape index (κ1) is 13.8. The van der Waals surface area contributed by atoms with E-state index in [9.17, 15) is 0 Å². The molecule has 0 saturated carbocycles. The van der Waals surface area contributed by atoms with Crippen LogP contribution in [0.25, 0.3) is 0 Å². The molecular formula is C17H17ClOS. The van der Waals surface area contributed by atoms with Crippen molar-refractivity contribution in [2.45, 2.75) is 24.5 Å². The third kappa shape index (κ3) is 3.50. The molecule has 20 heavy (non-hydrogen) atoms. The van der Waals surface area contributed by atoms with Crippen molar-refractivity contribution in [3.05, 3.63) is 59.1 Å². The normalized spacial score (nSPS) is 18.8. The molecule has 0 aromatic heterocycles. The van der Waals surface area contributed by atoms with Crippen LogP contribution in [-0.4, -0.2) is 5.75 Å². The summed E-state index contributed by atoms with van der Waals surface area (Å²) in [5.41, 5.74) is 1.41. The van der Waals surface area contributed by atoms with E-state index >= 15 is 0 Å². The number of rotatable bonds is 3. The van der Waals surface area contributed by atoms with E-state index in [1.54, 1.807) is 0 Å². The summed E-state index contributed by atoms with van der Waals surface area (Å²) in [6.07, 6.45) is 4.00. The Labute approximate surface area is 129 Å². The number of hydrogen-bond acceptors (Lipinski definition) is 2. The molecule has 1 saturated heterocycles. The maximum Gasteiger partial charge on any atom is 0.127 e. The molecule has 0 N–H and O–H groups in total. The van der Waals surface area contributed by atoms with Crippen molar-refractivity contribution >= 4 is 23.4 Å². The minimum Gasteiger partial charge on any atom is -0.457 e. The second-order valence-corrected chi connectivity index (χ2v) is 6.73. The summed E-state index contributed by atoms with van der Waals surface area (Å²) in [6, 6.07) is 15.9. The third-order valence-corrected chi connectivity index (χ3v) is 5.17. The molecule has 1 nitrogen and oxygen atoms in total. The topological polar surface area (TPSA) is 9.23 Å². The molecule has 0 amide bonds. The SMILES string of the molecule is Clc1ccc(Oc2ccc(C3CCCCS3)cc2)cc1. The van der Waals surface area contributed by atoms with E-state index in [1.165, 1.54) is 30.6 Å². The summed E-state index contributed by atoms with van der Waals surface area (Å²) in [5, 5.41) is 1.38. The Morgan fingerprint density at radius 3 is 2.15 bits per heavy atom. The van der Waals surface area contributed by atoms with Crippen LogP contribution in [0.15, 0.2) is 48.5 Å². The molecule has 1 fully saturated rings. The minimum atomic E-state index is 0.660. The van der Waals surface area contributed by atoms with Crippen molar-refractivity contribution in [1.29, 1.82) is 0 Å². The fraction of sp³-hybridized carbons (Fsp3) is 0.294. The molecule has 0 spiro atoms. The van der Waals surface area contributed by atoms with E-state index in [0.29, 0.717) is 5.25 Å². The quantitative estimate of drug-likeness (QED) is 0.678. The van der Waals surface area contributed by atoms with Crippen LogP contribution in [-0.2, 0) is 0 Å². The van der Waals surface area contributed by atoms with E-state index < -0.39 is 0 Å². The van der Waals surface area contributed by atoms with Gasteiger partial charge in [-0.2, -0.15) is 11.8 Å². The van der Waals surface area contributed by atoms with Gasteiger partial charge in [0, 0.05) is 10.3 Å². The van der Waals surface area contributed by atoms with Crippen LogP contribution < -0.4 is 4.74 Å². The van der Waals surface area contributed by atoms with Crippen molar-refractivity contribution in [1.82, 2.24) is 0 Å². The Kier molecular flexibility index (Phi) is 4.54. The molecule has 2 aromatic carbocycles. The number of benzene rings is 2. The van der Waals surface area contributed by atoms with Gasteiger partial charge in [-0.25, -0.2) is 0 Å². The maximum absolute atomic E-state index is 5.86. The molecule has 3 rings (SSSR count). The molecule has 0 radical (unpaired) electrons. The lowest BCUT2D eigenvalue weighted by atomic mass is 10.1. The average Bonchev–Trinajstić information content (AvgIpc) is 2.51. The first-order chi connectivity index (χ1) is 9.81.